The van der Waals surface area contributed by atoms with E-state index in [-0.39, 0.29) is 29.5 Å². The van der Waals surface area contributed by atoms with Crippen molar-refractivity contribution in [1.82, 2.24) is 24.6 Å². The molecular weight excluding hydrogens is 473 g/mol. The van der Waals surface area contributed by atoms with Crippen molar-refractivity contribution in [3.05, 3.63) is 81.6 Å². The maximum absolute atomic E-state index is 13.7. The molecule has 0 amide bonds. The van der Waals surface area contributed by atoms with Crippen LogP contribution in [0.5, 0.6) is 0 Å². The van der Waals surface area contributed by atoms with E-state index in [4.69, 9.17) is 4.52 Å². The van der Waals surface area contributed by atoms with E-state index in [1.165, 1.54) is 12.1 Å². The zero-order valence-corrected chi connectivity index (χ0v) is 21.2. The highest BCUT2D eigenvalue weighted by molar-refractivity contribution is 5.89. The second kappa shape index (κ2) is 9.75. The maximum atomic E-state index is 13.7. The third-order valence-electron chi connectivity index (χ3n) is 7.08. The van der Waals surface area contributed by atoms with E-state index in [9.17, 15) is 14.4 Å². The van der Waals surface area contributed by atoms with Crippen molar-refractivity contribution in [1.29, 1.82) is 5.26 Å². The van der Waals surface area contributed by atoms with E-state index in [0.29, 0.717) is 53.6 Å². The van der Waals surface area contributed by atoms with Gasteiger partial charge in [-0.25, -0.2) is 9.37 Å². The number of halogens is 1. The molecule has 1 aliphatic rings. The van der Waals surface area contributed by atoms with Crippen molar-refractivity contribution in [2.24, 2.45) is 7.05 Å². The number of nitriles is 1. The molecule has 1 fully saturated rings. The summed E-state index contributed by atoms with van der Waals surface area (Å²) in [5, 5.41) is 13.5. The van der Waals surface area contributed by atoms with Gasteiger partial charge in [0.25, 0.3) is 5.56 Å². The number of rotatable bonds is 5. The molecule has 10 heteroatoms. The lowest BCUT2D eigenvalue weighted by Gasteiger charge is -2.47. The normalized spacial score (nSPS) is 19.2. The number of aryl methyl sites for hydroxylation is 2. The number of benzene rings is 1. The van der Waals surface area contributed by atoms with Gasteiger partial charge in [0.15, 0.2) is 5.82 Å². The number of hydrogen-bond donors (Lipinski definition) is 0. The molecule has 190 valence electrons. The number of fused-ring (bicyclic) bond motifs is 1. The van der Waals surface area contributed by atoms with Crippen molar-refractivity contribution in [2.75, 3.05) is 18.0 Å². The predicted octanol–water partition coefficient (Wildman–Crippen LogP) is 3.58. The maximum Gasteiger partial charge on any atom is 0.252 e. The first-order valence-electron chi connectivity index (χ1n) is 12.3. The van der Waals surface area contributed by atoms with Crippen molar-refractivity contribution in [3.63, 3.8) is 0 Å². The quantitative estimate of drug-likeness (QED) is 0.409. The topological polar surface area (TPSA) is 104 Å². The molecule has 0 bridgehead atoms. The van der Waals surface area contributed by atoms with Crippen LogP contribution in [0.1, 0.15) is 49.8 Å². The van der Waals surface area contributed by atoms with E-state index in [0.717, 1.165) is 5.56 Å². The fourth-order valence-corrected chi connectivity index (χ4v) is 5.08. The number of aromatic nitrogens is 4. The molecular formula is C27H28FN7O2. The summed E-state index contributed by atoms with van der Waals surface area (Å²) in [5.74, 6) is 0.776. The monoisotopic (exact) mass is 501 g/mol. The van der Waals surface area contributed by atoms with Gasteiger partial charge in [0.2, 0.25) is 5.89 Å². The van der Waals surface area contributed by atoms with Gasteiger partial charge in [-0.2, -0.15) is 10.2 Å². The number of hydrogen-bond acceptors (Lipinski definition) is 8. The van der Waals surface area contributed by atoms with Gasteiger partial charge in [-0.3, -0.25) is 9.69 Å². The summed E-state index contributed by atoms with van der Waals surface area (Å²) in [6.07, 6.45) is 0.646. The molecule has 4 heterocycles. The largest absolute Gasteiger partial charge is 0.364 e. The summed E-state index contributed by atoms with van der Waals surface area (Å²) in [7, 11) is 1.70. The lowest BCUT2D eigenvalue weighted by Crippen LogP contribution is -2.57. The lowest BCUT2D eigenvalue weighted by molar-refractivity contribution is 0.110. The molecule has 0 N–H and O–H groups in total. The summed E-state index contributed by atoms with van der Waals surface area (Å²) in [5.41, 5.74) is 3.02. The van der Waals surface area contributed by atoms with Gasteiger partial charge in [0.05, 0.1) is 11.2 Å². The Morgan fingerprint density at radius 3 is 2.57 bits per heavy atom. The standard InChI is InChI=1S/C27H28FN7O2/c1-5-23-31-27(37-32-23)26(18-6-8-19(28)9-7-18)35-15-16(2)34(14-17(35)3)22-12-24(36)33(4)21-11-10-20(13-29)30-25(21)22/h6-12,16-17,26H,5,14-15H2,1-4H3/t16-,17-,26?/m0/s1. The fourth-order valence-electron chi connectivity index (χ4n) is 5.08. The average Bonchev–Trinajstić information content (AvgIpc) is 3.38. The molecule has 3 atom stereocenters. The van der Waals surface area contributed by atoms with Crippen LogP contribution < -0.4 is 10.5 Å². The van der Waals surface area contributed by atoms with Gasteiger partial charge in [-0.1, -0.05) is 24.2 Å². The minimum absolute atomic E-state index is 0.00138. The molecule has 1 saturated heterocycles. The van der Waals surface area contributed by atoms with E-state index in [1.54, 1.807) is 41.9 Å². The van der Waals surface area contributed by atoms with Crippen LogP contribution in [-0.2, 0) is 13.5 Å². The minimum atomic E-state index is -0.350. The van der Waals surface area contributed by atoms with Crippen LogP contribution in [0, 0.1) is 17.1 Å². The summed E-state index contributed by atoms with van der Waals surface area (Å²) >= 11 is 0. The molecule has 1 aromatic carbocycles. The highest BCUT2D eigenvalue weighted by Crippen LogP contribution is 2.35. The van der Waals surface area contributed by atoms with E-state index in [1.807, 2.05) is 6.92 Å². The number of anilines is 1. The summed E-state index contributed by atoms with van der Waals surface area (Å²) in [6, 6.07) is 13.1. The third kappa shape index (κ3) is 4.47. The number of piperazine rings is 1. The second-order valence-corrected chi connectivity index (χ2v) is 9.51. The minimum Gasteiger partial charge on any atom is -0.364 e. The molecule has 3 aromatic heterocycles. The molecule has 1 aliphatic heterocycles. The van der Waals surface area contributed by atoms with Gasteiger partial charge in [-0.05, 0) is 43.7 Å². The molecule has 0 spiro atoms. The Hall–Kier alpha value is -4.10. The first-order chi connectivity index (χ1) is 17.8. The van der Waals surface area contributed by atoms with Gasteiger partial charge < -0.3 is 14.0 Å². The molecule has 9 nitrogen and oxygen atoms in total. The van der Waals surface area contributed by atoms with Gasteiger partial charge >= 0.3 is 0 Å². The second-order valence-electron chi connectivity index (χ2n) is 9.51. The average molecular weight is 502 g/mol. The number of nitrogens with zero attached hydrogens (tertiary/aromatic N) is 7. The van der Waals surface area contributed by atoms with Crippen molar-refractivity contribution in [3.8, 4) is 6.07 Å². The van der Waals surface area contributed by atoms with Gasteiger partial charge in [0, 0.05) is 44.7 Å². The Morgan fingerprint density at radius 2 is 1.89 bits per heavy atom. The van der Waals surface area contributed by atoms with Crippen LogP contribution in [0.15, 0.2) is 51.8 Å². The van der Waals surface area contributed by atoms with Crippen LogP contribution in [0.25, 0.3) is 11.0 Å². The molecule has 1 unspecified atom stereocenters. The van der Waals surface area contributed by atoms with E-state index < -0.39 is 0 Å². The molecule has 37 heavy (non-hydrogen) atoms. The highest BCUT2D eigenvalue weighted by Gasteiger charge is 2.38. The summed E-state index contributed by atoms with van der Waals surface area (Å²) in [6.45, 7) is 7.36. The van der Waals surface area contributed by atoms with Crippen LogP contribution in [0.3, 0.4) is 0 Å². The fraction of sp³-hybridized carbons (Fsp3) is 0.370. The molecule has 0 saturated carbocycles. The molecule has 0 radical (unpaired) electrons. The zero-order valence-electron chi connectivity index (χ0n) is 21.2. The van der Waals surface area contributed by atoms with Crippen molar-refractivity contribution in [2.45, 2.75) is 45.3 Å². The highest BCUT2D eigenvalue weighted by atomic mass is 19.1. The Balaban J connectivity index is 1.54. The summed E-state index contributed by atoms with van der Waals surface area (Å²) < 4.78 is 21.0. The lowest BCUT2D eigenvalue weighted by atomic mass is 9.98. The van der Waals surface area contributed by atoms with Crippen LogP contribution in [0.2, 0.25) is 0 Å². The zero-order chi connectivity index (χ0) is 26.3. The van der Waals surface area contributed by atoms with Crippen LogP contribution in [-0.4, -0.2) is 49.8 Å². The SMILES string of the molecule is CCc1noc(C(c2ccc(F)cc2)N2C[C@H](C)N(c3cc(=O)n(C)c4ccc(C#N)nc34)C[C@@H]2C)n1. The molecule has 5 rings (SSSR count). The first kappa shape index (κ1) is 24.6. The Labute approximate surface area is 213 Å². The van der Waals surface area contributed by atoms with Crippen LogP contribution in [0.4, 0.5) is 10.1 Å². The first-order valence-corrected chi connectivity index (χ1v) is 12.3. The molecule has 0 aliphatic carbocycles. The molecule has 4 aromatic rings. The Morgan fingerprint density at radius 1 is 1.14 bits per heavy atom. The third-order valence-corrected chi connectivity index (χ3v) is 7.08. The van der Waals surface area contributed by atoms with Crippen molar-refractivity contribution >= 4 is 16.7 Å². The van der Waals surface area contributed by atoms with Crippen LogP contribution >= 0.6 is 0 Å². The predicted molar refractivity (Wildman–Crippen MR) is 137 cm³/mol. The van der Waals surface area contributed by atoms with E-state index >= 15 is 0 Å². The summed E-state index contributed by atoms with van der Waals surface area (Å²) in [4.78, 5) is 26.4. The van der Waals surface area contributed by atoms with Crippen molar-refractivity contribution < 1.29 is 8.91 Å². The smallest absolute Gasteiger partial charge is 0.252 e. The van der Waals surface area contributed by atoms with Gasteiger partial charge in [0.1, 0.15) is 29.1 Å². The van der Waals surface area contributed by atoms with E-state index in [2.05, 4.69) is 44.8 Å². The van der Waals surface area contributed by atoms with Gasteiger partial charge in [-0.15, -0.1) is 0 Å². The number of pyridine rings is 2. The Kier molecular flexibility index (Phi) is 6.48. The Bertz CT molecular complexity index is 1540.